The summed E-state index contributed by atoms with van der Waals surface area (Å²) in [6, 6.07) is 4.10. The quantitative estimate of drug-likeness (QED) is 0.733. The molecule has 1 heterocycles. The molecule has 0 radical (unpaired) electrons. The minimum Gasteiger partial charge on any atom is -0.356 e. The van der Waals surface area contributed by atoms with E-state index in [-0.39, 0.29) is 0 Å². The van der Waals surface area contributed by atoms with E-state index in [2.05, 4.69) is 41.7 Å². The SMILES string of the molecule is C=CCN(C)c1ncccc1CNCC(C)C. The molecule has 94 valence electrons. The van der Waals surface area contributed by atoms with E-state index in [4.69, 9.17) is 0 Å². The molecule has 1 rings (SSSR count). The van der Waals surface area contributed by atoms with Crippen LogP contribution >= 0.6 is 0 Å². The molecule has 0 aromatic carbocycles. The molecule has 0 unspecified atom stereocenters. The summed E-state index contributed by atoms with van der Waals surface area (Å²) in [7, 11) is 2.04. The summed E-state index contributed by atoms with van der Waals surface area (Å²) in [6.45, 7) is 10.9. The van der Waals surface area contributed by atoms with E-state index < -0.39 is 0 Å². The molecule has 0 spiro atoms. The summed E-state index contributed by atoms with van der Waals surface area (Å²) < 4.78 is 0. The molecule has 0 saturated carbocycles. The van der Waals surface area contributed by atoms with E-state index in [1.54, 1.807) is 0 Å². The van der Waals surface area contributed by atoms with Gasteiger partial charge in [-0.25, -0.2) is 4.98 Å². The van der Waals surface area contributed by atoms with Gasteiger partial charge in [0.1, 0.15) is 5.82 Å². The second-order valence-electron chi connectivity index (χ2n) is 4.68. The molecule has 0 aliphatic heterocycles. The average Bonchev–Trinajstić information content (AvgIpc) is 2.29. The van der Waals surface area contributed by atoms with Gasteiger partial charge in [0.05, 0.1) is 0 Å². The maximum absolute atomic E-state index is 4.43. The highest BCUT2D eigenvalue weighted by atomic mass is 15.2. The highest BCUT2D eigenvalue weighted by Crippen LogP contribution is 2.15. The van der Waals surface area contributed by atoms with Gasteiger partial charge >= 0.3 is 0 Å². The number of rotatable bonds is 7. The molecular formula is C14H23N3. The Morgan fingerprint density at radius 2 is 2.29 bits per heavy atom. The first-order valence-electron chi connectivity index (χ1n) is 6.11. The average molecular weight is 233 g/mol. The Balaban J connectivity index is 2.66. The van der Waals surface area contributed by atoms with Gasteiger partial charge in [-0.15, -0.1) is 6.58 Å². The van der Waals surface area contributed by atoms with Crippen LogP contribution in [0.1, 0.15) is 19.4 Å². The maximum atomic E-state index is 4.43. The predicted octanol–water partition coefficient (Wildman–Crippen LogP) is 2.45. The van der Waals surface area contributed by atoms with Crippen molar-refractivity contribution in [1.82, 2.24) is 10.3 Å². The fourth-order valence-corrected chi connectivity index (χ4v) is 1.69. The van der Waals surface area contributed by atoms with E-state index in [9.17, 15) is 0 Å². The highest BCUT2D eigenvalue weighted by molar-refractivity contribution is 5.46. The minimum atomic E-state index is 0.668. The first-order valence-corrected chi connectivity index (χ1v) is 6.11. The molecule has 0 aliphatic carbocycles. The highest BCUT2D eigenvalue weighted by Gasteiger charge is 2.06. The van der Waals surface area contributed by atoms with E-state index in [1.807, 2.05) is 25.4 Å². The third-order valence-corrected chi connectivity index (χ3v) is 2.50. The zero-order valence-electron chi connectivity index (χ0n) is 11.1. The molecule has 0 atom stereocenters. The van der Waals surface area contributed by atoms with Crippen molar-refractivity contribution < 1.29 is 0 Å². The third-order valence-electron chi connectivity index (χ3n) is 2.50. The number of nitrogens with zero attached hydrogens (tertiary/aromatic N) is 2. The van der Waals surface area contributed by atoms with Crippen LogP contribution in [0.2, 0.25) is 0 Å². The van der Waals surface area contributed by atoms with E-state index in [0.717, 1.165) is 25.5 Å². The van der Waals surface area contributed by atoms with Crippen LogP contribution in [0.5, 0.6) is 0 Å². The fourth-order valence-electron chi connectivity index (χ4n) is 1.69. The molecule has 1 N–H and O–H groups in total. The number of pyridine rings is 1. The van der Waals surface area contributed by atoms with Crippen LogP contribution in [0.3, 0.4) is 0 Å². The van der Waals surface area contributed by atoms with Crippen molar-refractivity contribution >= 4 is 5.82 Å². The Hall–Kier alpha value is -1.35. The summed E-state index contributed by atoms with van der Waals surface area (Å²) in [5.41, 5.74) is 1.23. The van der Waals surface area contributed by atoms with E-state index >= 15 is 0 Å². The molecule has 0 saturated heterocycles. The lowest BCUT2D eigenvalue weighted by Crippen LogP contribution is -2.23. The second-order valence-corrected chi connectivity index (χ2v) is 4.68. The van der Waals surface area contributed by atoms with Gasteiger partial charge in [0, 0.05) is 31.9 Å². The molecule has 17 heavy (non-hydrogen) atoms. The van der Waals surface area contributed by atoms with Crippen LogP contribution in [0, 0.1) is 5.92 Å². The van der Waals surface area contributed by atoms with Gasteiger partial charge in [-0.2, -0.15) is 0 Å². The van der Waals surface area contributed by atoms with Gasteiger partial charge in [-0.3, -0.25) is 0 Å². The lowest BCUT2D eigenvalue weighted by atomic mass is 10.2. The summed E-state index contributed by atoms with van der Waals surface area (Å²) in [4.78, 5) is 6.54. The van der Waals surface area contributed by atoms with Crippen molar-refractivity contribution in [2.75, 3.05) is 25.0 Å². The Morgan fingerprint density at radius 3 is 2.94 bits per heavy atom. The molecule has 1 aromatic heterocycles. The van der Waals surface area contributed by atoms with Crippen molar-refractivity contribution in [3.05, 3.63) is 36.5 Å². The predicted molar refractivity (Wildman–Crippen MR) is 74.2 cm³/mol. The van der Waals surface area contributed by atoms with Crippen LogP contribution in [-0.4, -0.2) is 25.1 Å². The number of aromatic nitrogens is 1. The molecule has 0 fully saturated rings. The van der Waals surface area contributed by atoms with Crippen molar-refractivity contribution in [2.24, 2.45) is 5.92 Å². The number of hydrogen-bond acceptors (Lipinski definition) is 3. The Morgan fingerprint density at radius 1 is 1.53 bits per heavy atom. The van der Waals surface area contributed by atoms with Crippen LogP contribution < -0.4 is 10.2 Å². The maximum Gasteiger partial charge on any atom is 0.133 e. The molecule has 0 aliphatic rings. The Labute approximate surface area is 105 Å². The van der Waals surface area contributed by atoms with Gasteiger partial charge in [0.2, 0.25) is 0 Å². The molecule has 3 nitrogen and oxygen atoms in total. The molecular weight excluding hydrogens is 210 g/mol. The Bertz CT molecular complexity index is 347. The standard InChI is InChI=1S/C14H23N3/c1-5-9-17(4)14-13(7-6-8-16-14)11-15-10-12(2)3/h5-8,12,15H,1,9-11H2,2-4H3. The van der Waals surface area contributed by atoms with Crippen LogP contribution in [0.25, 0.3) is 0 Å². The van der Waals surface area contributed by atoms with Crippen molar-refractivity contribution in [3.63, 3.8) is 0 Å². The van der Waals surface area contributed by atoms with Crippen LogP contribution in [-0.2, 0) is 6.54 Å². The van der Waals surface area contributed by atoms with Crippen molar-refractivity contribution in [3.8, 4) is 0 Å². The zero-order chi connectivity index (χ0) is 12.7. The number of hydrogen-bond donors (Lipinski definition) is 1. The summed E-state index contributed by atoms with van der Waals surface area (Å²) in [6.07, 6.45) is 3.72. The largest absolute Gasteiger partial charge is 0.356 e. The first kappa shape index (κ1) is 13.7. The number of nitrogens with one attached hydrogen (secondary N) is 1. The minimum absolute atomic E-state index is 0.668. The first-order chi connectivity index (χ1) is 8.15. The van der Waals surface area contributed by atoms with Crippen molar-refractivity contribution in [1.29, 1.82) is 0 Å². The molecule has 1 aromatic rings. The van der Waals surface area contributed by atoms with Crippen LogP contribution in [0.15, 0.2) is 31.0 Å². The second kappa shape index (κ2) is 7.07. The molecule has 3 heteroatoms. The van der Waals surface area contributed by atoms with Gasteiger partial charge in [0.15, 0.2) is 0 Å². The molecule has 0 amide bonds. The fraction of sp³-hybridized carbons (Fsp3) is 0.500. The van der Waals surface area contributed by atoms with E-state index in [1.165, 1.54) is 5.56 Å². The monoisotopic (exact) mass is 233 g/mol. The van der Waals surface area contributed by atoms with Crippen LogP contribution in [0.4, 0.5) is 5.82 Å². The zero-order valence-corrected chi connectivity index (χ0v) is 11.1. The lowest BCUT2D eigenvalue weighted by Gasteiger charge is -2.19. The summed E-state index contributed by atoms with van der Waals surface area (Å²) >= 11 is 0. The Kier molecular flexibility index (Phi) is 5.70. The summed E-state index contributed by atoms with van der Waals surface area (Å²) in [5, 5.41) is 3.45. The van der Waals surface area contributed by atoms with E-state index in [0.29, 0.717) is 5.92 Å². The number of anilines is 1. The normalized spacial score (nSPS) is 10.6. The topological polar surface area (TPSA) is 28.2 Å². The smallest absolute Gasteiger partial charge is 0.133 e. The third kappa shape index (κ3) is 4.57. The molecule has 0 bridgehead atoms. The van der Waals surface area contributed by atoms with Crippen molar-refractivity contribution in [2.45, 2.75) is 20.4 Å². The van der Waals surface area contributed by atoms with Gasteiger partial charge < -0.3 is 10.2 Å². The summed E-state index contributed by atoms with van der Waals surface area (Å²) in [5.74, 6) is 1.70. The van der Waals surface area contributed by atoms with Gasteiger partial charge in [0.25, 0.3) is 0 Å². The number of likely N-dealkylation sites (N-methyl/N-ethyl adjacent to an activating group) is 1. The lowest BCUT2D eigenvalue weighted by molar-refractivity contribution is 0.551. The van der Waals surface area contributed by atoms with Gasteiger partial charge in [-0.1, -0.05) is 26.0 Å². The van der Waals surface area contributed by atoms with Gasteiger partial charge in [-0.05, 0) is 18.5 Å².